The lowest BCUT2D eigenvalue weighted by Gasteiger charge is -2.31. The Balaban J connectivity index is 1.79. The molecule has 2 aromatic rings. The highest BCUT2D eigenvalue weighted by molar-refractivity contribution is 5.88. The fourth-order valence-corrected chi connectivity index (χ4v) is 3.31. The van der Waals surface area contributed by atoms with E-state index in [-0.39, 0.29) is 11.9 Å². The highest BCUT2D eigenvalue weighted by atomic mass is 16.3. The van der Waals surface area contributed by atoms with E-state index >= 15 is 0 Å². The third kappa shape index (κ3) is 3.71. The van der Waals surface area contributed by atoms with Gasteiger partial charge in [-0.2, -0.15) is 0 Å². The summed E-state index contributed by atoms with van der Waals surface area (Å²) < 4.78 is 0. The van der Waals surface area contributed by atoms with Gasteiger partial charge < -0.3 is 15.7 Å². The number of piperidine rings is 1. The summed E-state index contributed by atoms with van der Waals surface area (Å²) in [6.07, 6.45) is 1.98. The molecular weight excluding hydrogens is 288 g/mol. The van der Waals surface area contributed by atoms with Gasteiger partial charge in [-0.1, -0.05) is 30.3 Å². The fourth-order valence-electron chi connectivity index (χ4n) is 3.31. The minimum atomic E-state index is -0.0560. The molecule has 1 aliphatic heterocycles. The highest BCUT2D eigenvalue weighted by Gasteiger charge is 2.25. The van der Waals surface area contributed by atoms with Gasteiger partial charge in [0.2, 0.25) is 5.91 Å². The first-order valence-corrected chi connectivity index (χ1v) is 8.02. The second kappa shape index (κ2) is 6.84. The molecule has 1 fully saturated rings. The van der Waals surface area contributed by atoms with Gasteiger partial charge in [-0.05, 0) is 49.1 Å². The van der Waals surface area contributed by atoms with E-state index in [0.29, 0.717) is 11.7 Å². The van der Waals surface area contributed by atoms with Crippen LogP contribution >= 0.6 is 0 Å². The molecule has 2 atom stereocenters. The summed E-state index contributed by atoms with van der Waals surface area (Å²) in [6.45, 7) is 2.43. The maximum atomic E-state index is 11.2. The number of benzene rings is 2. The zero-order valence-corrected chi connectivity index (χ0v) is 13.3. The van der Waals surface area contributed by atoms with E-state index in [1.54, 1.807) is 6.07 Å². The van der Waals surface area contributed by atoms with Crippen LogP contribution in [0.25, 0.3) is 0 Å². The molecule has 4 heteroatoms. The number of para-hydroxylation sites is 1. The van der Waals surface area contributed by atoms with Gasteiger partial charge in [-0.15, -0.1) is 0 Å². The highest BCUT2D eigenvalue weighted by Crippen LogP contribution is 2.37. The number of amides is 1. The lowest BCUT2D eigenvalue weighted by molar-refractivity contribution is -0.114. The molecule has 1 aliphatic rings. The largest absolute Gasteiger partial charge is 0.508 e. The number of aromatic hydroxyl groups is 1. The Labute approximate surface area is 136 Å². The van der Waals surface area contributed by atoms with Crippen LogP contribution < -0.4 is 10.6 Å². The van der Waals surface area contributed by atoms with Crippen LogP contribution in [0.4, 0.5) is 5.69 Å². The van der Waals surface area contributed by atoms with Crippen molar-refractivity contribution in [1.82, 2.24) is 5.32 Å². The molecule has 120 valence electrons. The van der Waals surface area contributed by atoms with E-state index in [2.05, 4.69) is 22.8 Å². The molecular formula is C19H22N2O2. The van der Waals surface area contributed by atoms with E-state index in [9.17, 15) is 9.90 Å². The maximum Gasteiger partial charge on any atom is 0.221 e. The summed E-state index contributed by atoms with van der Waals surface area (Å²) in [5, 5.41) is 16.4. The lowest BCUT2D eigenvalue weighted by atomic mass is 9.84. The van der Waals surface area contributed by atoms with Gasteiger partial charge in [-0.25, -0.2) is 0 Å². The molecule has 3 N–H and O–H groups in total. The second-order valence-corrected chi connectivity index (χ2v) is 6.09. The molecule has 0 bridgehead atoms. The standard InChI is InChI=1S/C19H22N2O2/c1-13(22)21-16-6-4-5-14(11-16)15-9-10-20-18(12-15)17-7-2-3-8-19(17)23/h2-8,11,15,18,20,23H,9-10,12H2,1H3,(H,21,22). The summed E-state index contributed by atoms with van der Waals surface area (Å²) in [4.78, 5) is 11.2. The zero-order valence-electron chi connectivity index (χ0n) is 13.3. The van der Waals surface area contributed by atoms with Crippen molar-refractivity contribution in [2.24, 2.45) is 0 Å². The van der Waals surface area contributed by atoms with Gasteiger partial charge in [-0.3, -0.25) is 4.79 Å². The number of carbonyl (C=O) groups excluding carboxylic acids is 1. The Morgan fingerprint density at radius 3 is 2.83 bits per heavy atom. The quantitative estimate of drug-likeness (QED) is 0.812. The van der Waals surface area contributed by atoms with Crippen molar-refractivity contribution in [2.45, 2.75) is 31.7 Å². The lowest BCUT2D eigenvalue weighted by Crippen LogP contribution is -2.31. The Bertz CT molecular complexity index is 699. The van der Waals surface area contributed by atoms with Crippen molar-refractivity contribution >= 4 is 11.6 Å². The van der Waals surface area contributed by atoms with Crippen molar-refractivity contribution in [1.29, 1.82) is 0 Å². The first kappa shape index (κ1) is 15.6. The van der Waals surface area contributed by atoms with Crippen molar-refractivity contribution in [3.8, 4) is 5.75 Å². The Morgan fingerprint density at radius 1 is 1.22 bits per heavy atom. The Kier molecular flexibility index (Phi) is 4.63. The van der Waals surface area contributed by atoms with Gasteiger partial charge in [0.05, 0.1) is 0 Å². The molecule has 0 aromatic heterocycles. The average molecular weight is 310 g/mol. The number of nitrogens with one attached hydrogen (secondary N) is 2. The minimum Gasteiger partial charge on any atom is -0.508 e. The average Bonchev–Trinajstić information content (AvgIpc) is 2.55. The summed E-state index contributed by atoms with van der Waals surface area (Å²) in [5.74, 6) is 0.701. The third-order valence-corrected chi connectivity index (χ3v) is 4.39. The number of carbonyl (C=O) groups is 1. The normalized spacial score (nSPS) is 20.9. The van der Waals surface area contributed by atoms with Crippen molar-refractivity contribution in [3.63, 3.8) is 0 Å². The van der Waals surface area contributed by atoms with Crippen molar-refractivity contribution < 1.29 is 9.90 Å². The number of phenolic OH excluding ortho intramolecular Hbond substituents is 1. The topological polar surface area (TPSA) is 61.4 Å². The van der Waals surface area contributed by atoms with Crippen LogP contribution in [-0.4, -0.2) is 17.6 Å². The molecule has 0 radical (unpaired) electrons. The molecule has 0 saturated carbocycles. The van der Waals surface area contributed by atoms with Crippen LogP contribution in [-0.2, 0) is 4.79 Å². The predicted octanol–water partition coefficient (Wildman–Crippen LogP) is 3.56. The number of anilines is 1. The van der Waals surface area contributed by atoms with Gasteiger partial charge in [0, 0.05) is 24.2 Å². The van der Waals surface area contributed by atoms with Crippen LogP contribution in [0.3, 0.4) is 0 Å². The molecule has 1 amide bonds. The van der Waals surface area contributed by atoms with Gasteiger partial charge in [0.1, 0.15) is 5.75 Å². The second-order valence-electron chi connectivity index (χ2n) is 6.09. The number of rotatable bonds is 3. The molecule has 4 nitrogen and oxygen atoms in total. The van der Waals surface area contributed by atoms with Gasteiger partial charge in [0.15, 0.2) is 0 Å². The molecule has 0 aliphatic carbocycles. The summed E-state index contributed by atoms with van der Waals surface area (Å²) in [6, 6.07) is 15.7. The zero-order chi connectivity index (χ0) is 16.2. The van der Waals surface area contributed by atoms with Crippen LogP contribution in [0.2, 0.25) is 0 Å². The summed E-state index contributed by atoms with van der Waals surface area (Å²) in [7, 11) is 0. The van der Waals surface area contributed by atoms with Gasteiger partial charge >= 0.3 is 0 Å². The van der Waals surface area contributed by atoms with E-state index in [0.717, 1.165) is 30.6 Å². The van der Waals surface area contributed by atoms with Crippen molar-refractivity contribution in [3.05, 3.63) is 59.7 Å². The molecule has 1 saturated heterocycles. The first-order valence-electron chi connectivity index (χ1n) is 8.02. The number of hydrogen-bond acceptors (Lipinski definition) is 3. The Hall–Kier alpha value is -2.33. The van der Waals surface area contributed by atoms with E-state index in [1.165, 1.54) is 12.5 Å². The Morgan fingerprint density at radius 2 is 2.04 bits per heavy atom. The van der Waals surface area contributed by atoms with Crippen LogP contribution in [0, 0.1) is 0 Å². The van der Waals surface area contributed by atoms with E-state index < -0.39 is 0 Å². The van der Waals surface area contributed by atoms with E-state index in [4.69, 9.17) is 0 Å². The van der Waals surface area contributed by atoms with Crippen molar-refractivity contribution in [2.75, 3.05) is 11.9 Å². The third-order valence-electron chi connectivity index (χ3n) is 4.39. The molecule has 23 heavy (non-hydrogen) atoms. The molecule has 0 spiro atoms. The minimum absolute atomic E-state index is 0.0560. The van der Waals surface area contributed by atoms with E-state index in [1.807, 2.05) is 30.3 Å². The number of phenols is 1. The van der Waals surface area contributed by atoms with Crippen LogP contribution in [0.15, 0.2) is 48.5 Å². The number of hydrogen-bond donors (Lipinski definition) is 3. The smallest absolute Gasteiger partial charge is 0.221 e. The fraction of sp³-hybridized carbons (Fsp3) is 0.316. The van der Waals surface area contributed by atoms with Crippen LogP contribution in [0.1, 0.15) is 42.9 Å². The maximum absolute atomic E-state index is 11.2. The molecule has 2 unspecified atom stereocenters. The van der Waals surface area contributed by atoms with Gasteiger partial charge in [0.25, 0.3) is 0 Å². The summed E-state index contributed by atoms with van der Waals surface area (Å²) in [5.41, 5.74) is 3.03. The van der Waals surface area contributed by atoms with Crippen LogP contribution in [0.5, 0.6) is 5.75 Å². The first-order chi connectivity index (χ1) is 11.1. The molecule has 1 heterocycles. The molecule has 3 rings (SSSR count). The summed E-state index contributed by atoms with van der Waals surface area (Å²) >= 11 is 0. The molecule has 2 aromatic carbocycles. The predicted molar refractivity (Wildman–Crippen MR) is 91.6 cm³/mol. The monoisotopic (exact) mass is 310 g/mol. The SMILES string of the molecule is CC(=O)Nc1cccc(C2CCNC(c3ccccc3O)C2)c1.